The van der Waals surface area contributed by atoms with Crippen LogP contribution in [0.3, 0.4) is 0 Å². The highest BCUT2D eigenvalue weighted by atomic mass is 19.1. The summed E-state index contributed by atoms with van der Waals surface area (Å²) in [5.74, 6) is -0.752. The molecule has 2 nitrogen and oxygen atoms in total. The van der Waals surface area contributed by atoms with Crippen LogP contribution in [0.2, 0.25) is 0 Å². The van der Waals surface area contributed by atoms with Crippen molar-refractivity contribution < 1.29 is 9.18 Å². The maximum Gasteiger partial charge on any atom is 0.196 e. The first-order chi connectivity index (χ1) is 8.88. The van der Waals surface area contributed by atoms with E-state index in [0.29, 0.717) is 11.1 Å². The average Bonchev–Trinajstić information content (AvgIpc) is 2.25. The summed E-state index contributed by atoms with van der Waals surface area (Å²) in [4.78, 5) is 16.7. The van der Waals surface area contributed by atoms with E-state index in [1.54, 1.807) is 19.1 Å². The molecule has 2 rings (SSSR count). The van der Waals surface area contributed by atoms with E-state index in [4.69, 9.17) is 0 Å². The summed E-state index contributed by atoms with van der Waals surface area (Å²) in [5.41, 5.74) is 3.62. The van der Waals surface area contributed by atoms with Crippen molar-refractivity contribution in [2.45, 2.75) is 27.7 Å². The maximum absolute atomic E-state index is 14.0. The summed E-state index contributed by atoms with van der Waals surface area (Å²) in [6.45, 7) is 7.21. The lowest BCUT2D eigenvalue weighted by molar-refractivity contribution is 0.103. The van der Waals surface area contributed by atoms with E-state index in [-0.39, 0.29) is 11.3 Å². The topological polar surface area (TPSA) is 30.0 Å². The van der Waals surface area contributed by atoms with Gasteiger partial charge in [-0.25, -0.2) is 4.39 Å². The highest BCUT2D eigenvalue weighted by molar-refractivity contribution is 6.10. The maximum atomic E-state index is 14.0. The highest BCUT2D eigenvalue weighted by Crippen LogP contribution is 2.20. The van der Waals surface area contributed by atoms with Crippen molar-refractivity contribution >= 4 is 5.78 Å². The Kier molecular flexibility index (Phi) is 3.47. The Bertz CT molecular complexity index is 619. The average molecular weight is 257 g/mol. The number of aryl methyl sites for hydroxylation is 4. The van der Waals surface area contributed by atoms with Crippen LogP contribution < -0.4 is 0 Å². The normalized spacial score (nSPS) is 10.6. The van der Waals surface area contributed by atoms with Crippen LogP contribution >= 0.6 is 0 Å². The van der Waals surface area contributed by atoms with Gasteiger partial charge in [-0.05, 0) is 57.0 Å². The van der Waals surface area contributed by atoms with Gasteiger partial charge in [0.05, 0.1) is 5.56 Å². The predicted octanol–water partition coefficient (Wildman–Crippen LogP) is 3.69. The Balaban J connectivity index is 2.56. The molecule has 2 aromatic rings. The molecule has 3 heteroatoms. The molecule has 0 radical (unpaired) electrons. The number of hydrogen-bond acceptors (Lipinski definition) is 2. The molecule has 0 fully saturated rings. The van der Waals surface area contributed by atoms with Gasteiger partial charge in [0.15, 0.2) is 5.78 Å². The van der Waals surface area contributed by atoms with Gasteiger partial charge in [-0.2, -0.15) is 0 Å². The molecule has 0 aliphatic heterocycles. The second-order valence-corrected chi connectivity index (χ2v) is 4.91. The lowest BCUT2D eigenvalue weighted by Crippen LogP contribution is -2.08. The first kappa shape index (κ1) is 13.4. The van der Waals surface area contributed by atoms with Gasteiger partial charge in [0.2, 0.25) is 0 Å². The van der Waals surface area contributed by atoms with E-state index in [2.05, 4.69) is 4.98 Å². The van der Waals surface area contributed by atoms with Gasteiger partial charge in [-0.1, -0.05) is 6.07 Å². The number of nitrogens with zero attached hydrogens (tertiary/aromatic N) is 1. The fourth-order valence-electron chi connectivity index (χ4n) is 2.31. The second-order valence-electron chi connectivity index (χ2n) is 4.91. The summed E-state index contributed by atoms with van der Waals surface area (Å²) in [6, 6.07) is 6.58. The Morgan fingerprint density at radius 3 is 2.11 bits per heavy atom. The lowest BCUT2D eigenvalue weighted by Gasteiger charge is -2.09. The van der Waals surface area contributed by atoms with Crippen molar-refractivity contribution in [1.82, 2.24) is 4.98 Å². The monoisotopic (exact) mass is 257 g/mol. The van der Waals surface area contributed by atoms with Crippen molar-refractivity contribution in [1.29, 1.82) is 0 Å². The van der Waals surface area contributed by atoms with Gasteiger partial charge >= 0.3 is 0 Å². The van der Waals surface area contributed by atoms with Gasteiger partial charge < -0.3 is 0 Å². The number of halogens is 1. The number of ketones is 1. The Labute approximate surface area is 112 Å². The fraction of sp³-hybridized carbons (Fsp3) is 0.250. The third-order valence-electron chi connectivity index (χ3n) is 3.00. The van der Waals surface area contributed by atoms with Gasteiger partial charge in [0.25, 0.3) is 0 Å². The summed E-state index contributed by atoms with van der Waals surface area (Å²) < 4.78 is 14.0. The van der Waals surface area contributed by atoms with Crippen LogP contribution in [0, 0.1) is 33.5 Å². The van der Waals surface area contributed by atoms with E-state index in [1.807, 2.05) is 26.8 Å². The summed E-state index contributed by atoms with van der Waals surface area (Å²) in [6.07, 6.45) is 0. The minimum absolute atomic E-state index is 0.149. The number of hydrogen-bond donors (Lipinski definition) is 0. The van der Waals surface area contributed by atoms with Crippen LogP contribution in [0.4, 0.5) is 4.39 Å². The Morgan fingerprint density at radius 2 is 1.58 bits per heavy atom. The second kappa shape index (κ2) is 4.92. The summed E-state index contributed by atoms with van der Waals surface area (Å²) in [7, 11) is 0. The number of pyridine rings is 1. The molecule has 98 valence electrons. The SMILES string of the molecule is Cc1cc(C)c(C(=O)c2cc(C)nc(C)c2)c(F)c1. The van der Waals surface area contributed by atoms with E-state index in [0.717, 1.165) is 17.0 Å². The molecule has 0 saturated carbocycles. The van der Waals surface area contributed by atoms with E-state index in [1.165, 1.54) is 6.07 Å². The molecule has 0 unspecified atom stereocenters. The van der Waals surface area contributed by atoms with Crippen LogP contribution in [0.15, 0.2) is 24.3 Å². The zero-order valence-electron chi connectivity index (χ0n) is 11.5. The molecule has 1 aromatic heterocycles. The lowest BCUT2D eigenvalue weighted by atomic mass is 9.96. The van der Waals surface area contributed by atoms with Crippen LogP contribution in [0.1, 0.15) is 38.4 Å². The quantitative estimate of drug-likeness (QED) is 0.768. The van der Waals surface area contributed by atoms with Gasteiger partial charge in [-0.3, -0.25) is 9.78 Å². The van der Waals surface area contributed by atoms with E-state index >= 15 is 0 Å². The van der Waals surface area contributed by atoms with Crippen molar-refractivity contribution in [3.05, 3.63) is 63.7 Å². The van der Waals surface area contributed by atoms with E-state index < -0.39 is 5.82 Å². The molecule has 1 aromatic carbocycles. The molecule has 0 aliphatic rings. The number of aromatic nitrogens is 1. The molecule has 0 aliphatic carbocycles. The minimum atomic E-state index is -0.463. The first-order valence-corrected chi connectivity index (χ1v) is 6.15. The molecule has 0 amide bonds. The largest absolute Gasteiger partial charge is 0.288 e. The molecule has 19 heavy (non-hydrogen) atoms. The summed E-state index contributed by atoms with van der Waals surface area (Å²) in [5, 5.41) is 0. The third-order valence-corrected chi connectivity index (χ3v) is 3.00. The molecule has 0 N–H and O–H groups in total. The van der Waals surface area contributed by atoms with Crippen molar-refractivity contribution in [2.24, 2.45) is 0 Å². The van der Waals surface area contributed by atoms with Crippen LogP contribution in [0.25, 0.3) is 0 Å². The number of benzene rings is 1. The zero-order chi connectivity index (χ0) is 14.2. The Hall–Kier alpha value is -2.03. The molecule has 1 heterocycles. The molecular formula is C16H16FNO. The third kappa shape index (κ3) is 2.70. The van der Waals surface area contributed by atoms with Crippen molar-refractivity contribution in [2.75, 3.05) is 0 Å². The Morgan fingerprint density at radius 1 is 1.00 bits per heavy atom. The smallest absolute Gasteiger partial charge is 0.196 e. The molecule has 0 bridgehead atoms. The fourth-order valence-corrected chi connectivity index (χ4v) is 2.31. The number of carbonyl (C=O) groups is 1. The standard InChI is InChI=1S/C16H16FNO/c1-9-5-10(2)15(14(17)6-9)16(19)13-7-11(3)18-12(4)8-13/h5-8H,1-4H3. The van der Waals surface area contributed by atoms with Crippen LogP contribution in [-0.4, -0.2) is 10.8 Å². The number of rotatable bonds is 2. The van der Waals surface area contributed by atoms with Gasteiger partial charge in [0.1, 0.15) is 5.82 Å². The van der Waals surface area contributed by atoms with Crippen molar-refractivity contribution in [3.8, 4) is 0 Å². The molecule has 0 atom stereocenters. The highest BCUT2D eigenvalue weighted by Gasteiger charge is 2.17. The summed E-state index contributed by atoms with van der Waals surface area (Å²) >= 11 is 0. The molecular weight excluding hydrogens is 241 g/mol. The minimum Gasteiger partial charge on any atom is -0.288 e. The van der Waals surface area contributed by atoms with Gasteiger partial charge in [0, 0.05) is 17.0 Å². The van der Waals surface area contributed by atoms with Crippen molar-refractivity contribution in [3.63, 3.8) is 0 Å². The van der Waals surface area contributed by atoms with Gasteiger partial charge in [-0.15, -0.1) is 0 Å². The van der Waals surface area contributed by atoms with Crippen LogP contribution in [-0.2, 0) is 0 Å². The predicted molar refractivity (Wildman–Crippen MR) is 73.0 cm³/mol. The number of carbonyl (C=O) groups excluding carboxylic acids is 1. The zero-order valence-corrected chi connectivity index (χ0v) is 11.5. The van der Waals surface area contributed by atoms with E-state index in [9.17, 15) is 9.18 Å². The molecule has 0 saturated heterocycles. The molecule has 0 spiro atoms. The first-order valence-electron chi connectivity index (χ1n) is 6.15. The van der Waals surface area contributed by atoms with Crippen LogP contribution in [0.5, 0.6) is 0 Å².